The van der Waals surface area contributed by atoms with Gasteiger partial charge in [0.25, 0.3) is 5.91 Å². The van der Waals surface area contributed by atoms with Crippen LogP contribution in [0.3, 0.4) is 0 Å². The number of benzene rings is 3. The third kappa shape index (κ3) is 3.39. The molecule has 31 heavy (non-hydrogen) atoms. The number of hydrogen-bond acceptors (Lipinski definition) is 3. The largest absolute Gasteiger partial charge is 0.507 e. The molecule has 156 valence electrons. The van der Waals surface area contributed by atoms with E-state index >= 15 is 0 Å². The van der Waals surface area contributed by atoms with Crippen molar-refractivity contribution < 1.29 is 14.1 Å². The van der Waals surface area contributed by atoms with Gasteiger partial charge in [-0.2, -0.15) is 0 Å². The summed E-state index contributed by atoms with van der Waals surface area (Å²) >= 11 is 0. The minimum atomic E-state index is -1.62. The Labute approximate surface area is 184 Å². The average molecular weight is 430 g/mol. The molecule has 2 atom stereocenters. The van der Waals surface area contributed by atoms with Crippen molar-refractivity contribution >= 4 is 21.8 Å². The molecular formula is C26H23NO3S. The van der Waals surface area contributed by atoms with Gasteiger partial charge < -0.3 is 5.11 Å². The number of carbonyl (C=O) groups excluding carboxylic acids is 1. The first kappa shape index (κ1) is 19.8. The zero-order valence-electron chi connectivity index (χ0n) is 17.4. The first-order chi connectivity index (χ1) is 14.9. The Kier molecular flexibility index (Phi) is 4.78. The molecule has 0 fully saturated rings. The number of aromatic hydroxyl groups is 1. The van der Waals surface area contributed by atoms with E-state index in [-0.39, 0.29) is 11.7 Å². The number of amides is 1. The lowest BCUT2D eigenvalue weighted by Gasteiger charge is -2.16. The van der Waals surface area contributed by atoms with E-state index in [1.165, 1.54) is 39.5 Å². The second-order valence-corrected chi connectivity index (χ2v) is 9.48. The molecule has 0 bridgehead atoms. The molecule has 2 aliphatic rings. The molecule has 0 saturated heterocycles. The Morgan fingerprint density at radius 2 is 1.81 bits per heavy atom. The van der Waals surface area contributed by atoms with Gasteiger partial charge in [-0.1, -0.05) is 48.0 Å². The molecule has 0 radical (unpaired) electrons. The number of fused-ring (bicyclic) bond motifs is 1. The predicted octanol–water partition coefficient (Wildman–Crippen LogP) is 4.89. The van der Waals surface area contributed by atoms with Crippen molar-refractivity contribution in [3.8, 4) is 16.9 Å². The molecule has 1 amide bonds. The molecule has 0 spiro atoms. The molecule has 1 aliphatic carbocycles. The summed E-state index contributed by atoms with van der Waals surface area (Å²) in [5, 5.41) is 10.6. The number of phenols is 1. The van der Waals surface area contributed by atoms with E-state index in [0.717, 1.165) is 18.4 Å². The van der Waals surface area contributed by atoms with Gasteiger partial charge in [0.15, 0.2) is 11.0 Å². The van der Waals surface area contributed by atoms with E-state index < -0.39 is 16.9 Å². The number of phenolic OH excluding ortho intramolecular Hbond substituents is 1. The van der Waals surface area contributed by atoms with Gasteiger partial charge in [-0.3, -0.25) is 9.52 Å². The predicted molar refractivity (Wildman–Crippen MR) is 124 cm³/mol. The van der Waals surface area contributed by atoms with Gasteiger partial charge in [0, 0.05) is 17.6 Å². The van der Waals surface area contributed by atoms with Crippen LogP contribution in [-0.2, 0) is 22.2 Å². The first-order valence-corrected chi connectivity index (χ1v) is 11.5. The number of aryl methyl sites for hydroxylation is 2. The van der Waals surface area contributed by atoms with Crippen molar-refractivity contribution in [1.29, 1.82) is 0 Å². The fraction of sp³-hybridized carbons (Fsp3) is 0.192. The molecular weight excluding hydrogens is 406 g/mol. The first-order valence-electron chi connectivity index (χ1n) is 10.4. The SMILES string of the molecule is Cc1ccc(-c2cccc3c2CC[C@@H]3c2ccc(C3=CC(=O)NS3=O)c(O)c2)c(C)c1. The number of nitrogens with one attached hydrogen (secondary N) is 1. The molecule has 0 aromatic heterocycles. The van der Waals surface area contributed by atoms with Crippen LogP contribution in [0.25, 0.3) is 16.0 Å². The maximum Gasteiger partial charge on any atom is 0.257 e. The van der Waals surface area contributed by atoms with Crippen molar-refractivity contribution in [2.24, 2.45) is 0 Å². The summed E-state index contributed by atoms with van der Waals surface area (Å²) in [5.41, 5.74) is 9.23. The lowest BCUT2D eigenvalue weighted by Crippen LogP contribution is -2.16. The van der Waals surface area contributed by atoms with Crippen LogP contribution in [0.2, 0.25) is 0 Å². The second-order valence-electron chi connectivity index (χ2n) is 8.30. The van der Waals surface area contributed by atoms with E-state index in [9.17, 15) is 14.1 Å². The van der Waals surface area contributed by atoms with Gasteiger partial charge in [0.05, 0.1) is 4.91 Å². The smallest absolute Gasteiger partial charge is 0.257 e. The Morgan fingerprint density at radius 3 is 2.52 bits per heavy atom. The highest BCUT2D eigenvalue weighted by atomic mass is 32.2. The quantitative estimate of drug-likeness (QED) is 0.623. The summed E-state index contributed by atoms with van der Waals surface area (Å²) in [6.45, 7) is 4.27. The highest BCUT2D eigenvalue weighted by molar-refractivity contribution is 7.94. The summed E-state index contributed by atoms with van der Waals surface area (Å²) in [7, 11) is -1.62. The maximum absolute atomic E-state index is 12.1. The molecule has 1 heterocycles. The van der Waals surface area contributed by atoms with Crippen molar-refractivity contribution in [3.05, 3.63) is 94.1 Å². The number of rotatable bonds is 3. The molecule has 1 unspecified atom stereocenters. The Balaban J connectivity index is 1.53. The van der Waals surface area contributed by atoms with Crippen molar-refractivity contribution in [2.45, 2.75) is 32.6 Å². The van der Waals surface area contributed by atoms with Crippen LogP contribution in [0.15, 0.2) is 60.7 Å². The highest BCUT2D eigenvalue weighted by Crippen LogP contribution is 2.44. The monoisotopic (exact) mass is 429 g/mol. The average Bonchev–Trinajstić information content (AvgIpc) is 3.30. The Morgan fingerprint density at radius 1 is 1.00 bits per heavy atom. The van der Waals surface area contributed by atoms with Gasteiger partial charge in [-0.05, 0) is 72.2 Å². The Hall–Kier alpha value is -3.18. The third-order valence-corrected chi connectivity index (χ3v) is 7.41. The van der Waals surface area contributed by atoms with E-state index in [4.69, 9.17) is 0 Å². The summed E-state index contributed by atoms with van der Waals surface area (Å²) in [4.78, 5) is 11.8. The van der Waals surface area contributed by atoms with E-state index in [0.29, 0.717) is 10.5 Å². The van der Waals surface area contributed by atoms with Crippen molar-refractivity contribution in [1.82, 2.24) is 4.72 Å². The summed E-state index contributed by atoms with van der Waals surface area (Å²) in [5.74, 6) is -0.156. The van der Waals surface area contributed by atoms with Gasteiger partial charge in [-0.25, -0.2) is 4.21 Å². The fourth-order valence-electron chi connectivity index (χ4n) is 4.87. The minimum Gasteiger partial charge on any atom is -0.507 e. The number of carbonyl (C=O) groups is 1. The molecule has 5 rings (SSSR count). The molecule has 0 saturated carbocycles. The van der Waals surface area contributed by atoms with E-state index in [1.807, 2.05) is 6.07 Å². The summed E-state index contributed by atoms with van der Waals surface area (Å²) in [6.07, 6.45) is 3.25. The van der Waals surface area contributed by atoms with Gasteiger partial charge in [0.2, 0.25) is 0 Å². The molecule has 3 aromatic rings. The zero-order chi connectivity index (χ0) is 21.7. The third-order valence-electron chi connectivity index (χ3n) is 6.29. The molecule has 4 nitrogen and oxygen atoms in total. The van der Waals surface area contributed by atoms with Crippen molar-refractivity contribution in [2.75, 3.05) is 0 Å². The van der Waals surface area contributed by atoms with Gasteiger partial charge in [-0.15, -0.1) is 0 Å². The maximum atomic E-state index is 12.1. The summed E-state index contributed by atoms with van der Waals surface area (Å²) < 4.78 is 14.4. The fourth-order valence-corrected chi connectivity index (χ4v) is 5.81. The van der Waals surface area contributed by atoms with Crippen LogP contribution in [0.1, 0.15) is 45.7 Å². The lowest BCUT2D eigenvalue weighted by molar-refractivity contribution is -0.114. The van der Waals surface area contributed by atoms with E-state index in [2.05, 4.69) is 55.0 Å². The molecule has 5 heteroatoms. The Bertz CT molecular complexity index is 1290. The van der Waals surface area contributed by atoms with Crippen LogP contribution in [0.5, 0.6) is 5.75 Å². The molecule has 1 aliphatic heterocycles. The van der Waals surface area contributed by atoms with Crippen LogP contribution in [0.4, 0.5) is 0 Å². The topological polar surface area (TPSA) is 66.4 Å². The standard InChI is InChI=1S/C26H23NO3S/c1-15-6-8-18(16(2)12-15)20-4-3-5-21-19(10-11-22(20)21)17-7-9-23(24(28)13-17)25-14-26(29)27-31(25)30/h3-9,12-14,19,28H,10-11H2,1-2H3,(H,27,29)/t19-,31?/m1/s1. The van der Waals surface area contributed by atoms with Crippen LogP contribution < -0.4 is 4.72 Å². The lowest BCUT2D eigenvalue weighted by atomic mass is 9.89. The highest BCUT2D eigenvalue weighted by Gasteiger charge is 2.28. The van der Waals surface area contributed by atoms with Crippen LogP contribution in [-0.4, -0.2) is 15.2 Å². The van der Waals surface area contributed by atoms with Crippen LogP contribution >= 0.6 is 0 Å². The van der Waals surface area contributed by atoms with Gasteiger partial charge in [0.1, 0.15) is 5.75 Å². The second kappa shape index (κ2) is 7.50. The minimum absolute atomic E-state index is 0.0487. The summed E-state index contributed by atoms with van der Waals surface area (Å²) in [6, 6.07) is 18.6. The van der Waals surface area contributed by atoms with Gasteiger partial charge >= 0.3 is 0 Å². The number of hydrogen-bond donors (Lipinski definition) is 2. The molecule has 2 N–H and O–H groups in total. The van der Waals surface area contributed by atoms with E-state index in [1.54, 1.807) is 12.1 Å². The normalized spacial score (nSPS) is 19.8. The zero-order valence-corrected chi connectivity index (χ0v) is 18.3. The van der Waals surface area contributed by atoms with Crippen LogP contribution in [0, 0.1) is 13.8 Å². The molecule has 3 aromatic carbocycles. The van der Waals surface area contributed by atoms with Crippen molar-refractivity contribution in [3.63, 3.8) is 0 Å².